The van der Waals surface area contributed by atoms with Gasteiger partial charge >= 0.3 is 0 Å². The van der Waals surface area contributed by atoms with Crippen LogP contribution in [0.25, 0.3) is 0 Å². The minimum Gasteiger partial charge on any atom is -0.306 e. The van der Waals surface area contributed by atoms with Crippen LogP contribution in [0.3, 0.4) is 0 Å². The second-order valence-electron chi connectivity index (χ2n) is 2.76. The zero-order valence-electron chi connectivity index (χ0n) is 7.78. The fraction of sp³-hybridized carbons (Fsp3) is 0. The largest absolute Gasteiger partial charge is 0.306 e. The lowest BCUT2D eigenvalue weighted by molar-refractivity contribution is 0.103. The van der Waals surface area contributed by atoms with Gasteiger partial charge in [0.25, 0.3) is 5.91 Å². The molecule has 2 heterocycles. The highest BCUT2D eigenvalue weighted by molar-refractivity contribution is 7.12. The lowest BCUT2D eigenvalue weighted by atomic mass is 10.4. The van der Waals surface area contributed by atoms with Crippen LogP contribution in [0.2, 0.25) is 10.3 Å². The van der Waals surface area contributed by atoms with Gasteiger partial charge in [-0.2, -0.15) is 0 Å². The summed E-state index contributed by atoms with van der Waals surface area (Å²) in [6.07, 6.45) is 1.46. The molecule has 1 N–H and O–H groups in total. The van der Waals surface area contributed by atoms with Gasteiger partial charge < -0.3 is 5.32 Å². The lowest BCUT2D eigenvalue weighted by Gasteiger charge is -2.02. The highest BCUT2D eigenvalue weighted by Gasteiger charge is 2.12. The first-order chi connectivity index (χ1) is 7.66. The Morgan fingerprint density at radius 1 is 1.38 bits per heavy atom. The third-order valence-electron chi connectivity index (χ3n) is 1.69. The molecule has 0 unspecified atom stereocenters. The van der Waals surface area contributed by atoms with Crippen molar-refractivity contribution in [3.8, 4) is 0 Å². The van der Waals surface area contributed by atoms with E-state index in [-0.39, 0.29) is 11.2 Å². The van der Waals surface area contributed by atoms with E-state index in [2.05, 4.69) is 15.3 Å². The van der Waals surface area contributed by atoms with Gasteiger partial charge in [0.05, 0.1) is 5.02 Å². The molecule has 0 fully saturated rings. The minimum absolute atomic E-state index is 0.0788. The average molecular weight is 274 g/mol. The van der Waals surface area contributed by atoms with E-state index in [1.165, 1.54) is 17.5 Å². The van der Waals surface area contributed by atoms with Gasteiger partial charge in [-0.15, -0.1) is 11.3 Å². The van der Waals surface area contributed by atoms with Crippen LogP contribution in [0.1, 0.15) is 9.67 Å². The van der Waals surface area contributed by atoms with E-state index in [1.807, 2.05) is 0 Å². The molecule has 0 spiro atoms. The summed E-state index contributed by atoms with van der Waals surface area (Å²) >= 11 is 12.7. The van der Waals surface area contributed by atoms with Crippen molar-refractivity contribution in [3.05, 3.63) is 38.9 Å². The summed E-state index contributed by atoms with van der Waals surface area (Å²) in [6.45, 7) is 0. The van der Waals surface area contributed by atoms with Gasteiger partial charge in [0.2, 0.25) is 5.28 Å². The molecule has 0 atom stereocenters. The topological polar surface area (TPSA) is 54.9 Å². The number of thiophene rings is 1. The smallest absolute Gasteiger partial charge is 0.268 e. The monoisotopic (exact) mass is 273 g/mol. The zero-order valence-corrected chi connectivity index (χ0v) is 10.1. The van der Waals surface area contributed by atoms with Gasteiger partial charge in [0.15, 0.2) is 0 Å². The van der Waals surface area contributed by atoms with Crippen molar-refractivity contribution in [1.82, 2.24) is 9.97 Å². The van der Waals surface area contributed by atoms with Gasteiger partial charge in [-0.1, -0.05) is 11.6 Å². The Bertz CT molecular complexity index is 529. The van der Waals surface area contributed by atoms with Crippen LogP contribution in [0, 0.1) is 0 Å². The third-order valence-corrected chi connectivity index (χ3v) is 3.21. The number of carbonyl (C=O) groups is 1. The van der Waals surface area contributed by atoms with Crippen molar-refractivity contribution >= 4 is 46.3 Å². The van der Waals surface area contributed by atoms with Crippen molar-refractivity contribution in [1.29, 1.82) is 0 Å². The second-order valence-corrected chi connectivity index (χ2v) is 4.42. The first kappa shape index (κ1) is 11.3. The van der Waals surface area contributed by atoms with Crippen molar-refractivity contribution < 1.29 is 4.79 Å². The molecular formula is C9H5Cl2N3OS. The fourth-order valence-electron chi connectivity index (χ4n) is 1.03. The number of rotatable bonds is 2. The number of hydrogen-bond acceptors (Lipinski definition) is 4. The van der Waals surface area contributed by atoms with Gasteiger partial charge in [-0.3, -0.25) is 4.79 Å². The Kier molecular flexibility index (Phi) is 3.38. The molecule has 16 heavy (non-hydrogen) atoms. The molecule has 0 aliphatic heterocycles. The van der Waals surface area contributed by atoms with Gasteiger partial charge in [-0.05, 0) is 29.1 Å². The third kappa shape index (κ3) is 2.49. The predicted octanol–water partition coefficient (Wildman–Crippen LogP) is 3.10. The van der Waals surface area contributed by atoms with Gasteiger partial charge in [0, 0.05) is 6.20 Å². The molecule has 0 radical (unpaired) electrons. The van der Waals surface area contributed by atoms with Crippen molar-refractivity contribution in [2.75, 3.05) is 5.32 Å². The first-order valence-corrected chi connectivity index (χ1v) is 5.83. The van der Waals surface area contributed by atoms with Crippen molar-refractivity contribution in [2.45, 2.75) is 0 Å². The number of carbonyl (C=O) groups excluding carboxylic acids is 1. The van der Waals surface area contributed by atoms with Crippen LogP contribution in [0.15, 0.2) is 23.7 Å². The standard InChI is InChI=1S/C9H5Cl2N3OS/c10-5-2-4-16-7(5)8(15)13-6-1-3-12-9(11)14-6/h1-4H,(H,12,13,14,15). The number of amides is 1. The van der Waals surface area contributed by atoms with E-state index in [9.17, 15) is 4.79 Å². The Morgan fingerprint density at radius 3 is 2.81 bits per heavy atom. The molecule has 7 heteroatoms. The van der Waals surface area contributed by atoms with E-state index in [0.717, 1.165) is 0 Å². The molecule has 2 rings (SSSR count). The summed E-state index contributed by atoms with van der Waals surface area (Å²) in [6, 6.07) is 3.21. The highest BCUT2D eigenvalue weighted by Crippen LogP contribution is 2.22. The molecular weight excluding hydrogens is 269 g/mol. The van der Waals surface area contributed by atoms with E-state index >= 15 is 0 Å². The molecule has 0 bridgehead atoms. The molecule has 0 saturated heterocycles. The summed E-state index contributed by atoms with van der Waals surface area (Å²) in [5, 5.41) is 4.82. The highest BCUT2D eigenvalue weighted by atomic mass is 35.5. The van der Waals surface area contributed by atoms with Crippen molar-refractivity contribution in [2.24, 2.45) is 0 Å². The molecule has 82 valence electrons. The normalized spacial score (nSPS) is 10.1. The van der Waals surface area contributed by atoms with Crippen molar-refractivity contribution in [3.63, 3.8) is 0 Å². The number of halogens is 2. The van der Waals surface area contributed by atoms with E-state index in [1.54, 1.807) is 17.5 Å². The lowest BCUT2D eigenvalue weighted by Crippen LogP contribution is -2.11. The van der Waals surface area contributed by atoms with Gasteiger partial charge in [-0.25, -0.2) is 9.97 Å². The van der Waals surface area contributed by atoms with Crippen LogP contribution in [0.4, 0.5) is 5.82 Å². The van der Waals surface area contributed by atoms with Crippen LogP contribution in [-0.4, -0.2) is 15.9 Å². The molecule has 4 nitrogen and oxygen atoms in total. The summed E-state index contributed by atoms with van der Waals surface area (Å²) in [4.78, 5) is 19.7. The van der Waals surface area contributed by atoms with Crippen LogP contribution in [0.5, 0.6) is 0 Å². The second kappa shape index (κ2) is 4.78. The van der Waals surface area contributed by atoms with E-state index < -0.39 is 0 Å². The number of anilines is 1. The maximum atomic E-state index is 11.7. The molecule has 0 aromatic carbocycles. The van der Waals surface area contributed by atoms with Gasteiger partial charge in [0.1, 0.15) is 10.7 Å². The maximum Gasteiger partial charge on any atom is 0.268 e. The van der Waals surface area contributed by atoms with Crippen LogP contribution in [-0.2, 0) is 0 Å². The number of hydrogen-bond donors (Lipinski definition) is 1. The summed E-state index contributed by atoms with van der Waals surface area (Å²) < 4.78 is 0. The average Bonchev–Trinajstić information content (AvgIpc) is 2.64. The Balaban J connectivity index is 2.17. The molecule has 2 aromatic heterocycles. The number of nitrogens with zero attached hydrogens (tertiary/aromatic N) is 2. The van der Waals surface area contributed by atoms with Crippen LogP contribution >= 0.6 is 34.5 Å². The SMILES string of the molecule is O=C(Nc1ccnc(Cl)n1)c1sccc1Cl. The van der Waals surface area contributed by atoms with E-state index in [0.29, 0.717) is 15.7 Å². The molecule has 0 saturated carbocycles. The summed E-state index contributed by atoms with van der Waals surface area (Å²) in [5.74, 6) is 0.0317. The summed E-state index contributed by atoms with van der Waals surface area (Å²) in [7, 11) is 0. The molecule has 0 aliphatic carbocycles. The summed E-state index contributed by atoms with van der Waals surface area (Å²) in [5.41, 5.74) is 0. The Labute approximate surface area is 105 Å². The quantitative estimate of drug-likeness (QED) is 0.856. The minimum atomic E-state index is -0.310. The van der Waals surface area contributed by atoms with Crippen LogP contribution < -0.4 is 5.32 Å². The first-order valence-electron chi connectivity index (χ1n) is 4.19. The van der Waals surface area contributed by atoms with E-state index in [4.69, 9.17) is 23.2 Å². The molecule has 0 aliphatic rings. The number of nitrogens with one attached hydrogen (secondary N) is 1. The Hall–Kier alpha value is -1.17. The predicted molar refractivity (Wildman–Crippen MR) is 64.3 cm³/mol. The molecule has 1 amide bonds. The Morgan fingerprint density at radius 2 is 2.19 bits per heavy atom. The molecule has 2 aromatic rings. The fourth-order valence-corrected chi connectivity index (χ4v) is 2.22. The number of aromatic nitrogens is 2. The maximum absolute atomic E-state index is 11.7. The zero-order chi connectivity index (χ0) is 11.5.